The molecule has 0 radical (unpaired) electrons. The van der Waals surface area contributed by atoms with Crippen LogP contribution in [0.2, 0.25) is 0 Å². The van der Waals surface area contributed by atoms with Crippen LogP contribution in [0, 0.1) is 0 Å². The number of aromatic nitrogens is 1. The quantitative estimate of drug-likeness (QED) is 0.567. The highest BCUT2D eigenvalue weighted by Crippen LogP contribution is 2.20. The highest BCUT2D eigenvalue weighted by Gasteiger charge is 2.29. The van der Waals surface area contributed by atoms with Gasteiger partial charge in [-0.05, 0) is 36.6 Å². The third-order valence-corrected chi connectivity index (χ3v) is 5.73. The molecule has 2 heterocycles. The Morgan fingerprint density at radius 2 is 1.90 bits per heavy atom. The van der Waals surface area contributed by atoms with Gasteiger partial charge in [-0.25, -0.2) is 0 Å². The molecule has 1 aromatic heterocycles. The number of amides is 2. The topological polar surface area (TPSA) is 77.2 Å². The predicted molar refractivity (Wildman–Crippen MR) is 118 cm³/mol. The van der Waals surface area contributed by atoms with E-state index in [9.17, 15) is 9.59 Å². The van der Waals surface area contributed by atoms with E-state index in [1.807, 2.05) is 60.8 Å². The fourth-order valence-corrected chi connectivity index (χ4v) is 4.10. The summed E-state index contributed by atoms with van der Waals surface area (Å²) >= 11 is 0. The van der Waals surface area contributed by atoms with Crippen LogP contribution in [-0.2, 0) is 22.6 Å². The lowest BCUT2D eigenvalue weighted by molar-refractivity contribution is -0.136. The maximum Gasteiger partial charge on any atom is 0.245 e. The number of para-hydroxylation sites is 1. The number of fused-ring (bicyclic) bond motifs is 1. The van der Waals surface area contributed by atoms with E-state index in [4.69, 9.17) is 0 Å². The molecule has 1 saturated heterocycles. The van der Waals surface area contributed by atoms with Gasteiger partial charge in [-0.1, -0.05) is 48.5 Å². The second kappa shape index (κ2) is 9.13. The first-order chi connectivity index (χ1) is 14.6. The van der Waals surface area contributed by atoms with E-state index in [1.54, 1.807) is 11.9 Å². The molecule has 3 aromatic rings. The number of aromatic amines is 1. The average Bonchev–Trinajstić information content (AvgIpc) is 3.44. The molecular formula is C24H28N4O2. The van der Waals surface area contributed by atoms with Gasteiger partial charge in [0, 0.05) is 37.1 Å². The molecule has 0 spiro atoms. The number of hydrogen-bond acceptors (Lipinski definition) is 3. The van der Waals surface area contributed by atoms with Crippen molar-refractivity contribution in [3.63, 3.8) is 0 Å². The minimum Gasteiger partial charge on any atom is -0.361 e. The summed E-state index contributed by atoms with van der Waals surface area (Å²) in [6, 6.07) is 17.1. The van der Waals surface area contributed by atoms with Crippen molar-refractivity contribution in [3.05, 3.63) is 71.9 Å². The molecule has 1 aliphatic rings. The number of carbonyl (C=O) groups is 2. The SMILES string of the molecule is CN(Cc1ccccc1)C(=O)[C@H](Cc1c[nH]c2ccccc12)NC(=O)[C@@H]1CCCN1. The molecule has 1 aliphatic heterocycles. The van der Waals surface area contributed by atoms with Crippen LogP contribution in [0.25, 0.3) is 10.9 Å². The number of rotatable bonds is 7. The van der Waals surface area contributed by atoms with Crippen molar-refractivity contribution in [2.75, 3.05) is 13.6 Å². The molecule has 6 nitrogen and oxygen atoms in total. The highest BCUT2D eigenvalue weighted by molar-refractivity contribution is 5.91. The molecule has 0 aliphatic carbocycles. The van der Waals surface area contributed by atoms with Gasteiger partial charge in [-0.2, -0.15) is 0 Å². The first-order valence-corrected chi connectivity index (χ1v) is 10.5. The first kappa shape index (κ1) is 20.2. The molecule has 30 heavy (non-hydrogen) atoms. The monoisotopic (exact) mass is 404 g/mol. The lowest BCUT2D eigenvalue weighted by atomic mass is 10.0. The molecule has 4 rings (SSSR count). The summed E-state index contributed by atoms with van der Waals surface area (Å²) < 4.78 is 0. The molecule has 0 unspecified atom stereocenters. The zero-order chi connectivity index (χ0) is 20.9. The molecule has 3 N–H and O–H groups in total. The molecule has 2 atom stereocenters. The van der Waals surface area contributed by atoms with Crippen molar-refractivity contribution in [3.8, 4) is 0 Å². The van der Waals surface area contributed by atoms with Crippen LogP contribution in [0.1, 0.15) is 24.0 Å². The number of benzene rings is 2. The van der Waals surface area contributed by atoms with Gasteiger partial charge in [0.15, 0.2) is 0 Å². The van der Waals surface area contributed by atoms with Crippen molar-refractivity contribution >= 4 is 22.7 Å². The van der Waals surface area contributed by atoms with Crippen LogP contribution in [0.15, 0.2) is 60.8 Å². The Hall–Kier alpha value is -3.12. The Morgan fingerprint density at radius 3 is 2.67 bits per heavy atom. The lowest BCUT2D eigenvalue weighted by Crippen LogP contribution is -2.52. The van der Waals surface area contributed by atoms with E-state index in [1.165, 1.54) is 0 Å². The van der Waals surface area contributed by atoms with Crippen molar-refractivity contribution in [2.24, 2.45) is 0 Å². The number of hydrogen-bond donors (Lipinski definition) is 3. The van der Waals surface area contributed by atoms with Crippen LogP contribution in [0.4, 0.5) is 0 Å². The first-order valence-electron chi connectivity index (χ1n) is 10.5. The summed E-state index contributed by atoms with van der Waals surface area (Å²) in [7, 11) is 1.79. The third kappa shape index (κ3) is 4.54. The minimum absolute atomic E-state index is 0.0875. The van der Waals surface area contributed by atoms with Gasteiger partial charge in [-0.3, -0.25) is 9.59 Å². The van der Waals surface area contributed by atoms with Gasteiger partial charge >= 0.3 is 0 Å². The summed E-state index contributed by atoms with van der Waals surface area (Å²) in [4.78, 5) is 31.1. The van der Waals surface area contributed by atoms with Gasteiger partial charge in [0.05, 0.1) is 6.04 Å². The Kier molecular flexibility index (Phi) is 6.14. The summed E-state index contributed by atoms with van der Waals surface area (Å²) in [5.74, 6) is -0.186. The number of nitrogens with zero attached hydrogens (tertiary/aromatic N) is 1. The molecular weight excluding hydrogens is 376 g/mol. The smallest absolute Gasteiger partial charge is 0.245 e. The van der Waals surface area contributed by atoms with E-state index < -0.39 is 6.04 Å². The normalized spacial score (nSPS) is 17.0. The summed E-state index contributed by atoms with van der Waals surface area (Å²) in [6.07, 6.45) is 4.16. The summed E-state index contributed by atoms with van der Waals surface area (Å²) in [6.45, 7) is 1.34. The number of carbonyl (C=O) groups excluding carboxylic acids is 2. The molecule has 1 fully saturated rings. The molecule has 156 valence electrons. The van der Waals surface area contributed by atoms with Gasteiger partial charge in [0.25, 0.3) is 0 Å². The predicted octanol–water partition coefficient (Wildman–Crippen LogP) is 2.61. The standard InChI is InChI=1S/C24H28N4O2/c1-28(16-17-8-3-2-4-9-17)24(30)22(27-23(29)21-12-7-13-25-21)14-18-15-26-20-11-6-5-10-19(18)20/h2-6,8-11,15,21-22,25-26H,7,12-14,16H2,1H3,(H,27,29)/t21-,22-/m0/s1. The van der Waals surface area contributed by atoms with Crippen LogP contribution in [0.5, 0.6) is 0 Å². The third-order valence-electron chi connectivity index (χ3n) is 5.73. The highest BCUT2D eigenvalue weighted by atomic mass is 16.2. The molecule has 0 bridgehead atoms. The van der Waals surface area contributed by atoms with Gasteiger partial charge < -0.3 is 20.5 Å². The van der Waals surface area contributed by atoms with Crippen molar-refractivity contribution in [1.82, 2.24) is 20.5 Å². The number of nitrogens with one attached hydrogen (secondary N) is 3. The lowest BCUT2D eigenvalue weighted by Gasteiger charge is -2.26. The van der Waals surface area contributed by atoms with Crippen molar-refractivity contribution in [1.29, 1.82) is 0 Å². The van der Waals surface area contributed by atoms with Gasteiger partial charge in [-0.15, -0.1) is 0 Å². The fourth-order valence-electron chi connectivity index (χ4n) is 4.10. The maximum atomic E-state index is 13.3. The molecule has 6 heteroatoms. The van der Waals surface area contributed by atoms with E-state index in [-0.39, 0.29) is 17.9 Å². The van der Waals surface area contributed by atoms with Gasteiger partial charge in [0.2, 0.25) is 11.8 Å². The van der Waals surface area contributed by atoms with Gasteiger partial charge in [0.1, 0.15) is 6.04 Å². The molecule has 0 saturated carbocycles. The molecule has 2 amide bonds. The summed E-state index contributed by atoms with van der Waals surface area (Å²) in [5, 5.41) is 7.31. The zero-order valence-electron chi connectivity index (χ0n) is 17.2. The van der Waals surface area contributed by atoms with Crippen LogP contribution in [0.3, 0.4) is 0 Å². The Balaban J connectivity index is 1.54. The largest absolute Gasteiger partial charge is 0.361 e. The van der Waals surface area contributed by atoms with E-state index in [0.717, 1.165) is 41.4 Å². The van der Waals surface area contributed by atoms with E-state index in [2.05, 4.69) is 15.6 Å². The summed E-state index contributed by atoms with van der Waals surface area (Å²) in [5.41, 5.74) is 3.11. The average molecular weight is 405 g/mol. The second-order valence-corrected chi connectivity index (χ2v) is 7.95. The van der Waals surface area contributed by atoms with Crippen LogP contribution >= 0.6 is 0 Å². The Bertz CT molecular complexity index is 1010. The second-order valence-electron chi connectivity index (χ2n) is 7.95. The maximum absolute atomic E-state index is 13.3. The minimum atomic E-state index is -0.618. The van der Waals surface area contributed by atoms with Crippen molar-refractivity contribution in [2.45, 2.75) is 37.9 Å². The zero-order valence-corrected chi connectivity index (χ0v) is 17.2. The molecule has 2 aromatic carbocycles. The van der Waals surface area contributed by atoms with Crippen LogP contribution < -0.4 is 10.6 Å². The number of H-pyrrole nitrogens is 1. The fraction of sp³-hybridized carbons (Fsp3) is 0.333. The number of likely N-dealkylation sites (N-methyl/N-ethyl adjacent to an activating group) is 1. The van der Waals surface area contributed by atoms with E-state index >= 15 is 0 Å². The van der Waals surface area contributed by atoms with Crippen molar-refractivity contribution < 1.29 is 9.59 Å². The van der Waals surface area contributed by atoms with E-state index in [0.29, 0.717) is 13.0 Å². The Labute approximate surface area is 176 Å². The Morgan fingerprint density at radius 1 is 1.13 bits per heavy atom. The van der Waals surface area contributed by atoms with Crippen LogP contribution in [-0.4, -0.2) is 47.4 Å².